The molecule has 1 saturated heterocycles. The molecule has 1 aliphatic rings. The van der Waals surface area contributed by atoms with E-state index < -0.39 is 104 Å². The first kappa shape index (κ1) is 52.7. The van der Waals surface area contributed by atoms with Crippen molar-refractivity contribution in [3.8, 4) is 0 Å². The molecule has 1 aliphatic heterocycles. The second kappa shape index (κ2) is 25.4. The van der Waals surface area contributed by atoms with Gasteiger partial charge in [-0.2, -0.15) is 0 Å². The molecule has 15 nitrogen and oxygen atoms in total. The lowest BCUT2D eigenvalue weighted by Crippen LogP contribution is -2.60. The Morgan fingerprint density at radius 3 is 1.77 bits per heavy atom. The van der Waals surface area contributed by atoms with Crippen LogP contribution in [0.3, 0.4) is 0 Å². The third kappa shape index (κ3) is 17.1. The van der Waals surface area contributed by atoms with E-state index in [0.29, 0.717) is 23.0 Å². The average Bonchev–Trinajstić information content (AvgIpc) is 3.15. The summed E-state index contributed by atoms with van der Waals surface area (Å²) in [6.07, 6.45) is -6.74. The Morgan fingerprint density at radius 2 is 1.25 bits per heavy atom. The summed E-state index contributed by atoms with van der Waals surface area (Å²) in [5, 5.41) is 92.7. The quantitative estimate of drug-likeness (QED) is 0.0383. The minimum absolute atomic E-state index is 0.0761. The zero-order valence-corrected chi connectivity index (χ0v) is 35.8. The Hall–Kier alpha value is -2.28. The van der Waals surface area contributed by atoms with Crippen LogP contribution in [0, 0.1) is 35.5 Å². The standard InChI is InChI=1S/C42H74O15/c1-12-21(2)13-22(3)14-27(8)40(57-42-39(52)38(51)37(50)33(56-42)20-54-30(11)44)28(9)16-25(6)34(47)23(4)15-24(5)35(48)26(7)17-29(10)41(53)55-19-32(46)36(49)31(45)18-43/h15-17,21-23,26-28,31-40,42-43,45-52H,12-14,18-20H2,1-11H3/b24-15+,25-16+,29-17+/t21-,22-,23-,26-,27-,28-,31+,32+,33+,34-,35+,36-,37+,38-,39-,40+,42-/m0/s1. The zero-order chi connectivity index (χ0) is 43.9. The summed E-state index contributed by atoms with van der Waals surface area (Å²) in [5.41, 5.74) is 1.30. The van der Waals surface area contributed by atoms with Crippen LogP contribution in [-0.4, -0.2) is 145 Å². The van der Waals surface area contributed by atoms with E-state index in [-0.39, 0.29) is 24.0 Å². The van der Waals surface area contributed by atoms with E-state index in [4.69, 9.17) is 24.1 Å². The maximum atomic E-state index is 12.5. The summed E-state index contributed by atoms with van der Waals surface area (Å²) >= 11 is 0. The summed E-state index contributed by atoms with van der Waals surface area (Å²) in [6, 6.07) is 0. The van der Waals surface area contributed by atoms with E-state index in [1.54, 1.807) is 33.8 Å². The van der Waals surface area contributed by atoms with Crippen LogP contribution in [0.2, 0.25) is 0 Å². The predicted octanol–water partition coefficient (Wildman–Crippen LogP) is 1.93. The number of carbonyl (C=O) groups excluding carboxylic acids is 2. The van der Waals surface area contributed by atoms with E-state index in [0.717, 1.165) is 19.3 Å². The molecule has 57 heavy (non-hydrogen) atoms. The van der Waals surface area contributed by atoms with Gasteiger partial charge >= 0.3 is 11.9 Å². The van der Waals surface area contributed by atoms with Crippen LogP contribution >= 0.6 is 0 Å². The highest BCUT2D eigenvalue weighted by atomic mass is 16.7. The molecule has 0 saturated carbocycles. The summed E-state index contributed by atoms with van der Waals surface area (Å²) in [7, 11) is 0. The van der Waals surface area contributed by atoms with Gasteiger partial charge in [-0.15, -0.1) is 0 Å². The van der Waals surface area contributed by atoms with Crippen molar-refractivity contribution in [2.45, 2.75) is 163 Å². The summed E-state index contributed by atoms with van der Waals surface area (Å²) in [5.74, 6) is -1.96. The number of rotatable bonds is 24. The monoisotopic (exact) mass is 819 g/mol. The lowest BCUT2D eigenvalue weighted by atomic mass is 9.82. The first-order valence-corrected chi connectivity index (χ1v) is 20.2. The van der Waals surface area contributed by atoms with E-state index in [9.17, 15) is 50.4 Å². The normalized spacial score (nSPS) is 27.5. The second-order valence-corrected chi connectivity index (χ2v) is 16.5. The van der Waals surface area contributed by atoms with E-state index in [2.05, 4.69) is 20.8 Å². The van der Waals surface area contributed by atoms with Gasteiger partial charge in [0.1, 0.15) is 55.9 Å². The van der Waals surface area contributed by atoms with E-state index in [1.165, 1.54) is 19.9 Å². The average molecular weight is 819 g/mol. The first-order chi connectivity index (χ1) is 26.5. The molecule has 15 heteroatoms. The highest BCUT2D eigenvalue weighted by molar-refractivity contribution is 5.87. The molecular weight excluding hydrogens is 744 g/mol. The minimum Gasteiger partial charge on any atom is -0.463 e. The molecule has 0 aromatic heterocycles. The fourth-order valence-electron chi connectivity index (χ4n) is 7.35. The van der Waals surface area contributed by atoms with Gasteiger partial charge in [-0.25, -0.2) is 4.79 Å². The van der Waals surface area contributed by atoms with Gasteiger partial charge in [-0.3, -0.25) is 4.79 Å². The summed E-state index contributed by atoms with van der Waals surface area (Å²) in [6.45, 7) is 18.4. The number of aliphatic hydroxyl groups is 9. The SMILES string of the molecule is CC[C@H](C)C[C@H](C)C[C@H](C)[C@@H](O[C@@H]1O[C@H](COC(C)=O)[C@@H](O)[C@H](O)[C@@H]1O)[C@@H](C)/C=C(\C)[C@@H](O)[C@@H](C)/C=C(\C)[C@@H](O)[C@@H](C)/C=C(\C)C(=O)OC[C@@H](O)[C@@H](O)[C@H](O)CO. The van der Waals surface area contributed by atoms with Crippen LogP contribution < -0.4 is 0 Å². The number of ether oxygens (including phenoxy) is 4. The number of carbonyl (C=O) groups is 2. The van der Waals surface area contributed by atoms with Crippen molar-refractivity contribution in [3.63, 3.8) is 0 Å². The Morgan fingerprint density at radius 1 is 0.702 bits per heavy atom. The zero-order valence-electron chi connectivity index (χ0n) is 35.8. The summed E-state index contributed by atoms with van der Waals surface area (Å²) in [4.78, 5) is 23.9. The first-order valence-electron chi connectivity index (χ1n) is 20.2. The lowest BCUT2D eigenvalue weighted by Gasteiger charge is -2.43. The maximum absolute atomic E-state index is 12.5. The molecule has 1 heterocycles. The Balaban J connectivity index is 3.20. The third-order valence-electron chi connectivity index (χ3n) is 10.9. The van der Waals surface area contributed by atoms with Gasteiger partial charge in [0, 0.05) is 30.3 Å². The van der Waals surface area contributed by atoms with Crippen molar-refractivity contribution >= 4 is 11.9 Å². The van der Waals surface area contributed by atoms with Gasteiger partial charge in [-0.1, -0.05) is 73.1 Å². The number of hydrogen-bond donors (Lipinski definition) is 9. The van der Waals surface area contributed by atoms with Crippen molar-refractivity contribution in [3.05, 3.63) is 34.9 Å². The van der Waals surface area contributed by atoms with Crippen LogP contribution in [-0.2, 0) is 28.5 Å². The highest BCUT2D eigenvalue weighted by Gasteiger charge is 2.46. The fourth-order valence-corrected chi connectivity index (χ4v) is 7.35. The molecule has 0 spiro atoms. The molecule has 1 rings (SSSR count). The van der Waals surface area contributed by atoms with Gasteiger partial charge in [0.15, 0.2) is 6.29 Å². The topological polar surface area (TPSA) is 253 Å². The van der Waals surface area contributed by atoms with Gasteiger partial charge < -0.3 is 64.9 Å². The van der Waals surface area contributed by atoms with Crippen LogP contribution in [0.1, 0.15) is 95.4 Å². The number of aliphatic hydroxyl groups excluding tert-OH is 9. The minimum atomic E-state index is -1.71. The van der Waals surface area contributed by atoms with Crippen LogP contribution in [0.5, 0.6) is 0 Å². The van der Waals surface area contributed by atoms with Crippen LogP contribution in [0.4, 0.5) is 0 Å². The molecule has 0 amide bonds. The smallest absolute Gasteiger partial charge is 0.333 e. The molecule has 0 aromatic rings. The number of hydrogen-bond acceptors (Lipinski definition) is 15. The summed E-state index contributed by atoms with van der Waals surface area (Å²) < 4.78 is 22.4. The highest BCUT2D eigenvalue weighted by Crippen LogP contribution is 2.33. The van der Waals surface area contributed by atoms with Gasteiger partial charge in [0.05, 0.1) is 24.9 Å². The molecular formula is C42H74O15. The fraction of sp³-hybridized carbons (Fsp3) is 0.810. The predicted molar refractivity (Wildman–Crippen MR) is 212 cm³/mol. The van der Waals surface area contributed by atoms with Crippen molar-refractivity contribution in [1.82, 2.24) is 0 Å². The number of esters is 2. The van der Waals surface area contributed by atoms with Crippen molar-refractivity contribution in [2.24, 2.45) is 35.5 Å². The largest absolute Gasteiger partial charge is 0.463 e. The molecule has 332 valence electrons. The van der Waals surface area contributed by atoms with E-state index >= 15 is 0 Å². The maximum Gasteiger partial charge on any atom is 0.333 e. The van der Waals surface area contributed by atoms with Gasteiger partial charge in [0.2, 0.25) is 0 Å². The second-order valence-electron chi connectivity index (χ2n) is 16.5. The molecule has 1 fully saturated rings. The van der Waals surface area contributed by atoms with Crippen molar-refractivity contribution < 1.29 is 74.5 Å². The molecule has 9 N–H and O–H groups in total. The molecule has 17 atom stereocenters. The van der Waals surface area contributed by atoms with Gasteiger partial charge in [-0.05, 0) is 62.5 Å². The van der Waals surface area contributed by atoms with Gasteiger partial charge in [0.25, 0.3) is 0 Å². The Kier molecular flexibility index (Phi) is 23.5. The van der Waals surface area contributed by atoms with Crippen molar-refractivity contribution in [2.75, 3.05) is 19.8 Å². The van der Waals surface area contributed by atoms with Crippen LogP contribution in [0.15, 0.2) is 34.9 Å². The lowest BCUT2D eigenvalue weighted by molar-refractivity contribution is -0.317. The Labute approximate surface area is 339 Å². The molecule has 0 unspecified atom stereocenters. The molecule has 0 radical (unpaired) electrons. The third-order valence-corrected chi connectivity index (χ3v) is 10.9. The molecule has 0 bridgehead atoms. The Bertz CT molecular complexity index is 1300. The van der Waals surface area contributed by atoms with Crippen LogP contribution in [0.25, 0.3) is 0 Å². The molecule has 0 aromatic carbocycles. The van der Waals surface area contributed by atoms with Crippen molar-refractivity contribution in [1.29, 1.82) is 0 Å². The molecule has 0 aliphatic carbocycles. The van der Waals surface area contributed by atoms with E-state index in [1.807, 2.05) is 19.9 Å².